The number of hydrogen-bond donors (Lipinski definition) is 4. The van der Waals surface area contributed by atoms with E-state index in [1.54, 1.807) is 6.07 Å². The molecule has 2 aromatic carbocycles. The van der Waals surface area contributed by atoms with Gasteiger partial charge in [0.2, 0.25) is 0 Å². The van der Waals surface area contributed by atoms with Crippen molar-refractivity contribution in [1.82, 2.24) is 20.3 Å². The van der Waals surface area contributed by atoms with Crippen molar-refractivity contribution < 1.29 is 19.7 Å². The van der Waals surface area contributed by atoms with Crippen molar-refractivity contribution in [2.24, 2.45) is 0 Å². The first kappa shape index (κ1) is 23.4. The Morgan fingerprint density at radius 3 is 2.47 bits per heavy atom. The largest absolute Gasteiger partial charge is 0.508 e. The van der Waals surface area contributed by atoms with E-state index in [1.165, 1.54) is 10.7 Å². The Bertz CT molecular complexity index is 1150. The number of benzene rings is 2. The monoisotopic (exact) mass is 466 g/mol. The summed E-state index contributed by atoms with van der Waals surface area (Å²) in [5.41, 5.74) is 2.86. The highest BCUT2D eigenvalue weighted by Crippen LogP contribution is 2.36. The third-order valence-electron chi connectivity index (χ3n) is 5.70. The van der Waals surface area contributed by atoms with Gasteiger partial charge in [0.15, 0.2) is 11.5 Å². The van der Waals surface area contributed by atoms with Gasteiger partial charge in [-0.2, -0.15) is 4.68 Å². The van der Waals surface area contributed by atoms with Gasteiger partial charge >= 0.3 is 0 Å². The fourth-order valence-electron chi connectivity index (χ4n) is 3.89. The fourth-order valence-corrected chi connectivity index (χ4v) is 3.89. The lowest BCUT2D eigenvalue weighted by molar-refractivity contribution is 0.0951. The second kappa shape index (κ2) is 10.0. The summed E-state index contributed by atoms with van der Waals surface area (Å²) in [6.45, 7) is 9.21. The molecule has 0 radical (unpaired) electrons. The van der Waals surface area contributed by atoms with E-state index in [9.17, 15) is 15.0 Å². The summed E-state index contributed by atoms with van der Waals surface area (Å²) in [6.07, 6.45) is 0. The highest BCUT2D eigenvalue weighted by Gasteiger charge is 2.24. The second-order valence-electron chi connectivity index (χ2n) is 8.38. The molecule has 1 fully saturated rings. The van der Waals surface area contributed by atoms with Gasteiger partial charge in [0, 0.05) is 37.1 Å². The number of phenolic OH excluding ortho intramolecular Hbond substituents is 2. The molecule has 1 aliphatic rings. The van der Waals surface area contributed by atoms with Gasteiger partial charge < -0.3 is 30.5 Å². The molecule has 10 nitrogen and oxygen atoms in total. The average molecular weight is 467 g/mol. The van der Waals surface area contributed by atoms with Crippen molar-refractivity contribution in [3.63, 3.8) is 0 Å². The van der Waals surface area contributed by atoms with Crippen LogP contribution in [0, 0.1) is 0 Å². The zero-order chi connectivity index (χ0) is 24.2. The van der Waals surface area contributed by atoms with Gasteiger partial charge in [-0.25, -0.2) is 0 Å². The van der Waals surface area contributed by atoms with Crippen LogP contribution in [0.2, 0.25) is 0 Å². The lowest BCUT2D eigenvalue weighted by atomic mass is 10.0. The predicted octanol–water partition coefficient (Wildman–Crippen LogP) is 3.13. The highest BCUT2D eigenvalue weighted by molar-refractivity contribution is 5.97. The van der Waals surface area contributed by atoms with Gasteiger partial charge in [-0.05, 0) is 48.7 Å². The molecule has 0 atom stereocenters. The van der Waals surface area contributed by atoms with Crippen LogP contribution in [0.25, 0.3) is 5.69 Å². The van der Waals surface area contributed by atoms with E-state index in [-0.39, 0.29) is 29.0 Å². The highest BCUT2D eigenvalue weighted by atomic mass is 16.5. The Labute approximate surface area is 198 Å². The molecule has 1 amide bonds. The lowest BCUT2D eigenvalue weighted by Gasteiger charge is -2.29. The van der Waals surface area contributed by atoms with Crippen molar-refractivity contribution in [1.29, 1.82) is 0 Å². The number of nitrogens with zero attached hydrogens (tertiary/aromatic N) is 4. The third-order valence-corrected chi connectivity index (χ3v) is 5.70. The Morgan fingerprint density at radius 2 is 1.82 bits per heavy atom. The SMILES string of the molecule is CCNC(=O)c1nnn(-c2cc(C(C)C)c(O)cc2O)c1Nc1ccc(N2CCOCC2)cc1. The Hall–Kier alpha value is -3.79. The molecule has 0 bridgehead atoms. The molecule has 4 rings (SSSR count). The zero-order valence-corrected chi connectivity index (χ0v) is 19.6. The smallest absolute Gasteiger partial charge is 0.275 e. The Morgan fingerprint density at radius 1 is 1.12 bits per heavy atom. The topological polar surface area (TPSA) is 125 Å². The fraction of sp³-hybridized carbons (Fsp3) is 0.375. The summed E-state index contributed by atoms with van der Waals surface area (Å²) in [7, 11) is 0. The standard InChI is InChI=1S/C24H30N6O4/c1-4-25-24(33)22-23(26-16-5-7-17(8-6-16)29-9-11-34-12-10-29)30(28-27-22)19-13-18(15(2)3)20(31)14-21(19)32/h5-8,13-15,26,31-32H,4,9-12H2,1-3H3,(H,25,33). The summed E-state index contributed by atoms with van der Waals surface area (Å²) in [4.78, 5) is 14.9. The molecule has 1 aliphatic heterocycles. The van der Waals surface area contributed by atoms with E-state index < -0.39 is 0 Å². The third kappa shape index (κ3) is 4.76. The normalized spacial score (nSPS) is 13.8. The van der Waals surface area contributed by atoms with Gasteiger partial charge in [0.25, 0.3) is 5.91 Å². The molecule has 1 aromatic heterocycles. The molecule has 0 unspecified atom stereocenters. The molecular weight excluding hydrogens is 436 g/mol. The van der Waals surface area contributed by atoms with E-state index >= 15 is 0 Å². The molecule has 0 aliphatic carbocycles. The number of amides is 1. The number of anilines is 3. The number of aromatic nitrogens is 3. The molecule has 34 heavy (non-hydrogen) atoms. The first-order valence-electron chi connectivity index (χ1n) is 11.4. The molecule has 2 heterocycles. The van der Waals surface area contributed by atoms with Gasteiger partial charge in [0.05, 0.1) is 13.2 Å². The van der Waals surface area contributed by atoms with Crippen LogP contribution in [0.1, 0.15) is 42.7 Å². The number of aromatic hydroxyl groups is 2. The number of ether oxygens (including phenoxy) is 1. The van der Waals surface area contributed by atoms with Crippen molar-refractivity contribution in [2.45, 2.75) is 26.7 Å². The second-order valence-corrected chi connectivity index (χ2v) is 8.38. The zero-order valence-electron chi connectivity index (χ0n) is 19.6. The molecule has 0 saturated carbocycles. The molecule has 1 saturated heterocycles. The van der Waals surface area contributed by atoms with Crippen LogP contribution in [0.4, 0.5) is 17.2 Å². The number of phenols is 2. The number of carbonyl (C=O) groups is 1. The summed E-state index contributed by atoms with van der Waals surface area (Å²) in [6, 6.07) is 10.8. The van der Waals surface area contributed by atoms with Crippen LogP contribution < -0.4 is 15.5 Å². The van der Waals surface area contributed by atoms with Crippen molar-refractivity contribution in [2.75, 3.05) is 43.1 Å². The summed E-state index contributed by atoms with van der Waals surface area (Å²) in [5.74, 6) is -0.257. The number of nitrogens with one attached hydrogen (secondary N) is 2. The molecular formula is C24H30N6O4. The van der Waals surface area contributed by atoms with Gasteiger partial charge in [-0.1, -0.05) is 19.1 Å². The van der Waals surface area contributed by atoms with Crippen LogP contribution in [-0.2, 0) is 4.74 Å². The minimum absolute atomic E-state index is 0.00599. The Balaban J connectivity index is 1.72. The van der Waals surface area contributed by atoms with Crippen LogP contribution in [0.3, 0.4) is 0 Å². The maximum absolute atomic E-state index is 12.7. The minimum atomic E-state index is -0.386. The van der Waals surface area contributed by atoms with Crippen LogP contribution >= 0.6 is 0 Å². The van der Waals surface area contributed by atoms with Gasteiger partial charge in [-0.3, -0.25) is 4.79 Å². The molecule has 4 N–H and O–H groups in total. The summed E-state index contributed by atoms with van der Waals surface area (Å²) in [5, 5.41) is 35.0. The first-order valence-corrected chi connectivity index (χ1v) is 11.4. The predicted molar refractivity (Wildman–Crippen MR) is 130 cm³/mol. The van der Waals surface area contributed by atoms with E-state index in [2.05, 4.69) is 25.8 Å². The van der Waals surface area contributed by atoms with Crippen molar-refractivity contribution >= 4 is 23.1 Å². The quantitative estimate of drug-likeness (QED) is 0.419. The van der Waals surface area contributed by atoms with Crippen molar-refractivity contribution in [3.8, 4) is 17.2 Å². The van der Waals surface area contributed by atoms with Crippen LogP contribution in [-0.4, -0.2) is 64.0 Å². The molecule has 0 spiro atoms. The number of morpholine rings is 1. The summed E-state index contributed by atoms with van der Waals surface area (Å²) >= 11 is 0. The van der Waals surface area contributed by atoms with Crippen LogP contribution in [0.15, 0.2) is 36.4 Å². The average Bonchev–Trinajstić information content (AvgIpc) is 3.23. The van der Waals surface area contributed by atoms with E-state index in [0.717, 1.165) is 24.5 Å². The van der Waals surface area contributed by atoms with Crippen LogP contribution in [0.5, 0.6) is 11.5 Å². The van der Waals surface area contributed by atoms with E-state index in [1.807, 2.05) is 45.0 Å². The number of carbonyl (C=O) groups excluding carboxylic acids is 1. The number of rotatable bonds is 7. The number of hydrogen-bond acceptors (Lipinski definition) is 8. The van der Waals surface area contributed by atoms with E-state index in [0.29, 0.717) is 36.8 Å². The summed E-state index contributed by atoms with van der Waals surface area (Å²) < 4.78 is 6.80. The lowest BCUT2D eigenvalue weighted by Crippen LogP contribution is -2.36. The molecule has 180 valence electrons. The van der Waals surface area contributed by atoms with Gasteiger partial charge in [-0.15, -0.1) is 5.10 Å². The maximum atomic E-state index is 12.7. The van der Waals surface area contributed by atoms with Crippen molar-refractivity contribution in [3.05, 3.63) is 47.7 Å². The molecule has 10 heteroatoms. The maximum Gasteiger partial charge on any atom is 0.275 e. The van der Waals surface area contributed by atoms with E-state index in [4.69, 9.17) is 4.74 Å². The Kier molecular flexibility index (Phi) is 6.87. The minimum Gasteiger partial charge on any atom is -0.508 e. The first-order chi connectivity index (χ1) is 16.4. The molecule has 3 aromatic rings. The van der Waals surface area contributed by atoms with Gasteiger partial charge in [0.1, 0.15) is 17.2 Å².